The molecule has 13 nitrogen and oxygen atoms in total. The highest BCUT2D eigenvalue weighted by Gasteiger charge is 2.70. The van der Waals surface area contributed by atoms with Gasteiger partial charge in [-0.2, -0.15) is 13.2 Å². The number of ketones is 1. The summed E-state index contributed by atoms with van der Waals surface area (Å²) in [4.78, 5) is 97.2. The first-order valence-electron chi connectivity index (χ1n) is 20.3. The minimum atomic E-state index is -4.67. The minimum Gasteiger partial charge on any atom is -0.369 e. The summed E-state index contributed by atoms with van der Waals surface area (Å²) in [5.41, 5.74) is -2.63. The highest BCUT2D eigenvalue weighted by Crippen LogP contribution is 2.65. The molecule has 1 aromatic carbocycles. The molecule has 1 aromatic rings. The van der Waals surface area contributed by atoms with Gasteiger partial charge in [-0.3, -0.25) is 28.8 Å². The number of piperidine rings is 1. The van der Waals surface area contributed by atoms with Crippen LogP contribution in [-0.2, 0) is 24.6 Å². The third kappa shape index (κ3) is 9.95. The second-order valence-corrected chi connectivity index (χ2v) is 19.7. The molecule has 4 N–H and O–H groups in total. The van der Waals surface area contributed by atoms with E-state index in [1.165, 1.54) is 11.0 Å². The van der Waals surface area contributed by atoms with E-state index in [0.29, 0.717) is 24.1 Å². The quantitative estimate of drug-likeness (QED) is 0.150. The maximum absolute atomic E-state index is 14.9. The topological polar surface area (TPSA) is 174 Å². The van der Waals surface area contributed by atoms with Crippen molar-refractivity contribution in [1.82, 2.24) is 26.2 Å². The van der Waals surface area contributed by atoms with Crippen LogP contribution in [0.5, 0.6) is 0 Å². The Labute approximate surface area is 339 Å². The molecule has 4 rings (SSSR count). The number of likely N-dealkylation sites (tertiary alicyclic amines) is 1. The molecule has 2 saturated carbocycles. The summed E-state index contributed by atoms with van der Waals surface area (Å²) in [6, 6.07) is -5.29. The number of nitrogens with one attached hydrogen (secondary N) is 4. The summed E-state index contributed by atoms with van der Waals surface area (Å²) in [5.74, 6) is -4.29. The molecule has 1 aliphatic heterocycles. The normalized spacial score (nSPS) is 22.8. The highest BCUT2D eigenvalue weighted by molar-refractivity contribution is 6.38. The van der Waals surface area contributed by atoms with Gasteiger partial charge >= 0.3 is 12.2 Å². The second kappa shape index (κ2) is 16.8. The first-order chi connectivity index (χ1) is 26.6. The van der Waals surface area contributed by atoms with Crippen LogP contribution < -0.4 is 37.0 Å². The van der Waals surface area contributed by atoms with Crippen molar-refractivity contribution in [3.8, 4) is 0 Å². The van der Waals surface area contributed by atoms with Gasteiger partial charge in [0.1, 0.15) is 12.1 Å². The van der Waals surface area contributed by atoms with Gasteiger partial charge in [-0.1, -0.05) is 87.7 Å². The van der Waals surface area contributed by atoms with E-state index in [2.05, 4.69) is 27.8 Å². The van der Waals surface area contributed by atoms with Gasteiger partial charge in [0.25, 0.3) is 5.91 Å². The van der Waals surface area contributed by atoms with Crippen LogP contribution in [0.4, 0.5) is 23.7 Å². The summed E-state index contributed by atoms with van der Waals surface area (Å²) in [7, 11) is 1.69. The van der Waals surface area contributed by atoms with Crippen LogP contribution in [0.15, 0.2) is 22.2 Å². The number of rotatable bonds is 15. The standard InChI is InChI=1S/C42H63F3N6O7/c1-12-20-46-35(56)30(52)24(16-19-42(43,44)45)47-34(55)29-26-23(40(26,8)9)21-51(29)36(57)33(41(10)17-14-13-15-18-41)49-37(58)48-25(38(2,3)4)22-50(11)28-27(39(5,6)7)31(53)32(28)54/h12,23-26,29,33H,1,13-22H2,2-11H3,(H,46,56)(H,47,55)(H2,48,49,58)/t23-,24?,25+,26-,29-,33+/m0/s1. The second-order valence-electron chi connectivity index (χ2n) is 19.7. The Morgan fingerprint density at radius 3 is 2.07 bits per heavy atom. The van der Waals surface area contributed by atoms with E-state index in [0.717, 1.165) is 19.3 Å². The number of fused-ring (bicyclic) bond motifs is 1. The zero-order valence-corrected chi connectivity index (χ0v) is 35.7. The van der Waals surface area contributed by atoms with Gasteiger partial charge in [-0.25, -0.2) is 4.79 Å². The van der Waals surface area contributed by atoms with Crippen LogP contribution in [0.25, 0.3) is 0 Å². The third-order valence-corrected chi connectivity index (χ3v) is 12.8. The fourth-order valence-electron chi connectivity index (χ4n) is 9.08. The first-order valence-corrected chi connectivity index (χ1v) is 20.3. The summed E-state index contributed by atoms with van der Waals surface area (Å²) < 4.78 is 40.1. The molecule has 0 radical (unpaired) electrons. The van der Waals surface area contributed by atoms with Crippen LogP contribution in [0.1, 0.15) is 113 Å². The van der Waals surface area contributed by atoms with Crippen LogP contribution >= 0.6 is 0 Å². The monoisotopic (exact) mass is 820 g/mol. The number of carbonyl (C=O) groups is 5. The van der Waals surface area contributed by atoms with Crippen molar-refractivity contribution in [1.29, 1.82) is 0 Å². The zero-order chi connectivity index (χ0) is 43.9. The molecule has 2 aliphatic carbocycles. The minimum absolute atomic E-state index is 0.113. The SMILES string of the molecule is C=CCNC(=O)C(=O)C(CCC(F)(F)F)NC(=O)[C@@H]1[C@@H]2[C@H](CN1C(=O)[C@@H](NC(=O)N[C@H](CN(C)c1c(C(C)(C)C)c(=O)c1=O)C(C)(C)C)C1(C)CCCCC1)C2(C)C. The molecule has 3 aliphatic rings. The molecule has 324 valence electrons. The first kappa shape index (κ1) is 46.4. The Balaban J connectivity index is 1.62. The number of halogens is 3. The number of hydrogen-bond acceptors (Lipinski definition) is 8. The van der Waals surface area contributed by atoms with Crippen molar-refractivity contribution in [2.24, 2.45) is 28.1 Å². The number of amides is 5. The van der Waals surface area contributed by atoms with E-state index in [1.807, 2.05) is 62.3 Å². The zero-order valence-electron chi connectivity index (χ0n) is 35.7. The van der Waals surface area contributed by atoms with E-state index in [4.69, 9.17) is 0 Å². The van der Waals surface area contributed by atoms with Crippen LogP contribution in [0.3, 0.4) is 0 Å². The number of hydrogen-bond donors (Lipinski definition) is 4. The van der Waals surface area contributed by atoms with E-state index in [1.54, 1.807) is 11.9 Å². The molecule has 1 unspecified atom stereocenters. The van der Waals surface area contributed by atoms with Gasteiger partial charge in [0.2, 0.25) is 28.5 Å². The average molecular weight is 821 g/mol. The molecular weight excluding hydrogens is 757 g/mol. The lowest BCUT2D eigenvalue weighted by Gasteiger charge is -2.43. The van der Waals surface area contributed by atoms with Crippen molar-refractivity contribution < 1.29 is 37.1 Å². The smallest absolute Gasteiger partial charge is 0.369 e. The van der Waals surface area contributed by atoms with Gasteiger partial charge in [0, 0.05) is 38.7 Å². The Morgan fingerprint density at radius 1 is 0.931 bits per heavy atom. The lowest BCUT2D eigenvalue weighted by Crippen LogP contribution is -2.64. The van der Waals surface area contributed by atoms with Crippen LogP contribution in [-0.4, -0.2) is 91.5 Å². The largest absolute Gasteiger partial charge is 0.389 e. The average Bonchev–Trinajstić information content (AvgIpc) is 3.41. The van der Waals surface area contributed by atoms with Crippen molar-refractivity contribution >= 4 is 35.2 Å². The number of carbonyl (C=O) groups excluding carboxylic acids is 5. The number of Topliss-reactive ketones (excluding diaryl/α,β-unsaturated/α-hetero) is 1. The third-order valence-electron chi connectivity index (χ3n) is 12.8. The lowest BCUT2D eigenvalue weighted by atomic mass is 9.70. The van der Waals surface area contributed by atoms with Gasteiger partial charge in [-0.15, -0.1) is 6.58 Å². The molecular formula is C42H63F3N6O7. The fraction of sp³-hybridized carbons (Fsp3) is 0.738. The molecule has 5 amide bonds. The Morgan fingerprint density at radius 2 is 1.53 bits per heavy atom. The van der Waals surface area contributed by atoms with E-state index in [9.17, 15) is 46.7 Å². The van der Waals surface area contributed by atoms with E-state index in [-0.39, 0.29) is 31.5 Å². The maximum Gasteiger partial charge on any atom is 0.389 e. The Bertz CT molecular complexity index is 1830. The molecule has 1 saturated heterocycles. The van der Waals surface area contributed by atoms with Crippen molar-refractivity contribution in [2.45, 2.75) is 143 Å². The molecule has 3 fully saturated rings. The van der Waals surface area contributed by atoms with E-state index < -0.39 is 105 Å². The number of urea groups is 1. The predicted molar refractivity (Wildman–Crippen MR) is 215 cm³/mol. The molecule has 0 bridgehead atoms. The predicted octanol–water partition coefficient (Wildman–Crippen LogP) is 4.25. The summed E-state index contributed by atoms with van der Waals surface area (Å²) in [5, 5.41) is 10.7. The molecule has 58 heavy (non-hydrogen) atoms. The van der Waals surface area contributed by atoms with Gasteiger partial charge in [0.15, 0.2) is 0 Å². The van der Waals surface area contributed by atoms with Crippen molar-refractivity contribution in [3.05, 3.63) is 38.7 Å². The van der Waals surface area contributed by atoms with Gasteiger partial charge in [0.05, 0.1) is 17.8 Å². The number of anilines is 1. The van der Waals surface area contributed by atoms with Crippen molar-refractivity contribution in [2.75, 3.05) is 31.6 Å². The molecule has 0 spiro atoms. The highest BCUT2D eigenvalue weighted by atomic mass is 19.4. The fourth-order valence-corrected chi connectivity index (χ4v) is 9.08. The molecule has 6 atom stereocenters. The summed E-state index contributed by atoms with van der Waals surface area (Å²) in [6.45, 7) is 20.8. The van der Waals surface area contributed by atoms with E-state index >= 15 is 0 Å². The number of likely N-dealkylation sites (N-methyl/N-ethyl adjacent to an activating group) is 1. The molecule has 1 heterocycles. The van der Waals surface area contributed by atoms with Gasteiger partial charge in [-0.05, 0) is 52.8 Å². The summed E-state index contributed by atoms with van der Waals surface area (Å²) >= 11 is 0. The number of nitrogens with zero attached hydrogens (tertiary/aromatic N) is 2. The van der Waals surface area contributed by atoms with Crippen LogP contribution in [0, 0.1) is 28.1 Å². The van der Waals surface area contributed by atoms with Crippen molar-refractivity contribution in [3.63, 3.8) is 0 Å². The Hall–Kier alpha value is -4.24. The van der Waals surface area contributed by atoms with Gasteiger partial charge < -0.3 is 31.1 Å². The molecule has 16 heteroatoms. The lowest BCUT2D eigenvalue weighted by molar-refractivity contribution is -0.148. The Kier molecular flexibility index (Phi) is 13.4. The summed E-state index contributed by atoms with van der Waals surface area (Å²) in [6.07, 6.45) is -1.93. The van der Waals surface area contributed by atoms with Crippen LogP contribution in [0.2, 0.25) is 0 Å². The number of alkyl halides is 3. The maximum atomic E-state index is 14.9. The molecule has 0 aromatic heterocycles.